The summed E-state index contributed by atoms with van der Waals surface area (Å²) >= 11 is 0. The zero-order valence-corrected chi connectivity index (χ0v) is 14.9. The van der Waals surface area contributed by atoms with Gasteiger partial charge in [0.25, 0.3) is 5.91 Å². The monoisotopic (exact) mass is 399 g/mol. The highest BCUT2D eigenvalue weighted by Gasteiger charge is 2.36. The molecule has 4 rings (SSSR count). The molecule has 2 aromatic rings. The average molecular weight is 399 g/mol. The zero-order valence-electron chi connectivity index (χ0n) is 14.1. The second-order valence-electron chi connectivity index (χ2n) is 6.91. The number of benzene rings is 1. The van der Waals surface area contributed by atoms with E-state index < -0.39 is 38.9 Å². The van der Waals surface area contributed by atoms with Crippen LogP contribution in [-0.2, 0) is 9.84 Å². The Morgan fingerprint density at radius 1 is 1.15 bits per heavy atom. The number of amides is 1. The average Bonchev–Trinajstić information content (AvgIpc) is 3.26. The van der Waals surface area contributed by atoms with Gasteiger partial charge in [-0.3, -0.25) is 9.48 Å². The third-order valence-electron chi connectivity index (χ3n) is 4.83. The fourth-order valence-corrected chi connectivity index (χ4v) is 4.97. The van der Waals surface area contributed by atoms with Gasteiger partial charge >= 0.3 is 0 Å². The van der Waals surface area contributed by atoms with Crippen molar-refractivity contribution < 1.29 is 26.4 Å². The molecule has 2 fully saturated rings. The minimum Gasteiger partial charge on any atom is -0.318 e. The quantitative estimate of drug-likeness (QED) is 0.802. The number of carbonyl (C=O) groups is 1. The third-order valence-corrected chi connectivity index (χ3v) is 6.58. The summed E-state index contributed by atoms with van der Waals surface area (Å²) in [4.78, 5) is 12.4. The van der Waals surface area contributed by atoms with E-state index in [1.54, 1.807) is 10.7 Å². The third kappa shape index (κ3) is 3.45. The predicted octanol–water partition coefficient (Wildman–Crippen LogP) is 2.79. The molecule has 1 aromatic carbocycles. The highest BCUT2D eigenvalue weighted by atomic mass is 32.2. The van der Waals surface area contributed by atoms with Crippen molar-refractivity contribution >= 4 is 21.4 Å². The molecule has 1 aliphatic carbocycles. The lowest BCUT2D eigenvalue weighted by molar-refractivity contribution is 0.102. The number of sulfone groups is 1. The molecule has 1 aliphatic heterocycles. The molecular weight excluding hydrogens is 383 g/mol. The molecule has 0 radical (unpaired) electrons. The first-order valence-electron chi connectivity index (χ1n) is 8.50. The Balaban J connectivity index is 1.62. The second-order valence-corrected chi connectivity index (χ2v) is 9.14. The first-order chi connectivity index (χ1) is 12.7. The van der Waals surface area contributed by atoms with Crippen molar-refractivity contribution in [1.29, 1.82) is 0 Å². The highest BCUT2D eigenvalue weighted by Crippen LogP contribution is 2.42. The Morgan fingerprint density at radius 3 is 2.52 bits per heavy atom. The number of anilines is 1. The molecule has 1 saturated carbocycles. The second kappa shape index (κ2) is 6.36. The summed E-state index contributed by atoms with van der Waals surface area (Å²) < 4.78 is 65.2. The van der Waals surface area contributed by atoms with Crippen LogP contribution in [0.3, 0.4) is 0 Å². The van der Waals surface area contributed by atoms with Crippen LogP contribution in [-0.4, -0.2) is 35.6 Å². The van der Waals surface area contributed by atoms with Gasteiger partial charge in [0, 0.05) is 11.6 Å². The number of hydrogen-bond donors (Lipinski definition) is 1. The van der Waals surface area contributed by atoms with Gasteiger partial charge in [0.1, 0.15) is 0 Å². The van der Waals surface area contributed by atoms with Crippen molar-refractivity contribution in [1.82, 2.24) is 9.78 Å². The first kappa shape index (κ1) is 18.0. The molecule has 144 valence electrons. The van der Waals surface area contributed by atoms with E-state index in [9.17, 15) is 26.4 Å². The maximum absolute atomic E-state index is 13.8. The molecule has 2 heterocycles. The Hall–Kier alpha value is -2.36. The highest BCUT2D eigenvalue weighted by molar-refractivity contribution is 7.91. The fraction of sp³-hybridized carbons (Fsp3) is 0.412. The van der Waals surface area contributed by atoms with E-state index in [0.29, 0.717) is 12.5 Å². The molecule has 1 saturated heterocycles. The summed E-state index contributed by atoms with van der Waals surface area (Å²) in [5, 5.41) is 6.42. The van der Waals surface area contributed by atoms with Crippen LogP contribution in [0.2, 0.25) is 0 Å². The first-order valence-corrected chi connectivity index (χ1v) is 10.3. The van der Waals surface area contributed by atoms with E-state index >= 15 is 0 Å². The van der Waals surface area contributed by atoms with E-state index in [1.807, 2.05) is 0 Å². The van der Waals surface area contributed by atoms with Crippen LogP contribution in [0.15, 0.2) is 18.2 Å². The summed E-state index contributed by atoms with van der Waals surface area (Å²) in [6.45, 7) is 0. The fourth-order valence-electron chi connectivity index (χ4n) is 3.27. The van der Waals surface area contributed by atoms with Crippen LogP contribution in [0.5, 0.6) is 0 Å². The number of rotatable bonds is 4. The van der Waals surface area contributed by atoms with Gasteiger partial charge in [-0.25, -0.2) is 21.6 Å². The number of nitrogens with zero attached hydrogens (tertiary/aromatic N) is 2. The van der Waals surface area contributed by atoms with Crippen LogP contribution in [0.1, 0.15) is 47.4 Å². The minimum absolute atomic E-state index is 0.0228. The van der Waals surface area contributed by atoms with Crippen molar-refractivity contribution in [3.8, 4) is 0 Å². The summed E-state index contributed by atoms with van der Waals surface area (Å²) in [6.07, 6.45) is 2.26. The number of carbonyl (C=O) groups excluding carboxylic acids is 1. The molecule has 0 bridgehead atoms. The molecule has 6 nitrogen and oxygen atoms in total. The van der Waals surface area contributed by atoms with Gasteiger partial charge in [-0.15, -0.1) is 0 Å². The molecule has 0 spiro atoms. The molecule has 1 aromatic heterocycles. The number of aromatic nitrogens is 2. The maximum Gasteiger partial charge on any atom is 0.276 e. The van der Waals surface area contributed by atoms with Crippen molar-refractivity contribution in [2.24, 2.45) is 0 Å². The maximum atomic E-state index is 13.8. The lowest BCUT2D eigenvalue weighted by atomic mass is 10.2. The number of halogens is 3. The van der Waals surface area contributed by atoms with Crippen molar-refractivity contribution in [3.05, 3.63) is 47.0 Å². The smallest absolute Gasteiger partial charge is 0.276 e. The van der Waals surface area contributed by atoms with Crippen molar-refractivity contribution in [2.75, 3.05) is 16.8 Å². The van der Waals surface area contributed by atoms with Gasteiger partial charge in [0.15, 0.2) is 33.0 Å². The molecule has 10 heteroatoms. The van der Waals surface area contributed by atoms with Gasteiger partial charge in [-0.05, 0) is 37.5 Å². The van der Waals surface area contributed by atoms with Gasteiger partial charge in [0.2, 0.25) is 0 Å². The van der Waals surface area contributed by atoms with Gasteiger partial charge in [0.05, 0.1) is 23.2 Å². The lowest BCUT2D eigenvalue weighted by Gasteiger charge is -2.12. The zero-order chi connectivity index (χ0) is 19.3. The lowest BCUT2D eigenvalue weighted by Crippen LogP contribution is -2.17. The summed E-state index contributed by atoms with van der Waals surface area (Å²) in [5.74, 6) is -5.05. The molecule has 1 unspecified atom stereocenters. The van der Waals surface area contributed by atoms with Crippen LogP contribution in [0.25, 0.3) is 0 Å². The summed E-state index contributed by atoms with van der Waals surface area (Å²) in [7, 11) is -3.13. The Kier molecular flexibility index (Phi) is 4.25. The SMILES string of the molecule is O=C(Nc1ccc(F)c(F)c1F)c1cc(C2CC2)n(C2CCS(=O)(=O)C2)n1. The van der Waals surface area contributed by atoms with Crippen LogP contribution in [0, 0.1) is 17.5 Å². The van der Waals surface area contributed by atoms with E-state index in [0.717, 1.165) is 24.6 Å². The van der Waals surface area contributed by atoms with Gasteiger partial charge < -0.3 is 5.32 Å². The van der Waals surface area contributed by atoms with E-state index in [-0.39, 0.29) is 29.2 Å². The molecule has 2 aliphatic rings. The minimum atomic E-state index is -3.13. The Morgan fingerprint density at radius 2 is 1.89 bits per heavy atom. The Labute approximate surface area is 153 Å². The predicted molar refractivity (Wildman–Crippen MR) is 90.8 cm³/mol. The van der Waals surface area contributed by atoms with E-state index in [2.05, 4.69) is 10.4 Å². The van der Waals surface area contributed by atoms with Crippen LogP contribution >= 0.6 is 0 Å². The van der Waals surface area contributed by atoms with Gasteiger partial charge in [-0.1, -0.05) is 0 Å². The topological polar surface area (TPSA) is 81.1 Å². The number of nitrogens with one attached hydrogen (secondary N) is 1. The molecule has 1 N–H and O–H groups in total. The molecular formula is C17H16F3N3O3S. The largest absolute Gasteiger partial charge is 0.318 e. The molecule has 27 heavy (non-hydrogen) atoms. The van der Waals surface area contributed by atoms with Crippen LogP contribution < -0.4 is 5.32 Å². The normalized spacial score (nSPS) is 21.4. The summed E-state index contributed by atoms with van der Waals surface area (Å²) in [6, 6.07) is 2.85. The van der Waals surface area contributed by atoms with E-state index in [1.165, 1.54) is 0 Å². The Bertz CT molecular complexity index is 1030. The standard InChI is InChI=1S/C17H16F3N3O3S/c18-11-3-4-12(16(20)15(11)19)21-17(24)13-7-14(9-1-2-9)23(22-13)10-5-6-27(25,26)8-10/h3-4,7,9-10H,1-2,5-6,8H2,(H,21,24). The summed E-state index contributed by atoms with van der Waals surface area (Å²) in [5.41, 5.74) is 0.253. The van der Waals surface area contributed by atoms with Crippen molar-refractivity contribution in [2.45, 2.75) is 31.2 Å². The molecule has 1 amide bonds. The van der Waals surface area contributed by atoms with E-state index in [4.69, 9.17) is 0 Å². The number of hydrogen-bond acceptors (Lipinski definition) is 4. The van der Waals surface area contributed by atoms with Gasteiger partial charge in [-0.2, -0.15) is 5.10 Å². The van der Waals surface area contributed by atoms with Crippen molar-refractivity contribution in [3.63, 3.8) is 0 Å². The van der Waals surface area contributed by atoms with Crippen LogP contribution in [0.4, 0.5) is 18.9 Å². The molecule has 1 atom stereocenters.